The molecule has 4 heteroatoms. The Morgan fingerprint density at radius 2 is 2.50 bits per heavy atom. The number of halogens is 1. The topological polar surface area (TPSA) is 39.8 Å². The normalized spacial score (nSPS) is 9.12. The molecule has 0 radical (unpaired) electrons. The minimum atomic E-state index is -0.623. The Hall–Kier alpha value is -1.19. The van der Waals surface area contributed by atoms with Crippen molar-refractivity contribution in [2.24, 2.45) is 0 Å². The van der Waals surface area contributed by atoms with E-state index in [9.17, 15) is 9.60 Å². The van der Waals surface area contributed by atoms with Gasteiger partial charge in [-0.25, -0.2) is 4.73 Å². The van der Waals surface area contributed by atoms with E-state index in [2.05, 4.69) is 4.98 Å². The molecule has 0 bridgehead atoms. The van der Waals surface area contributed by atoms with Gasteiger partial charge >= 0.3 is 0 Å². The zero-order valence-electron chi connectivity index (χ0n) is 3.91. The predicted octanol–water partition coefficient (Wildman–Crippen LogP) is -0.146. The molecule has 0 spiro atoms. The third kappa shape index (κ3) is 0.900. The van der Waals surface area contributed by atoms with Gasteiger partial charge in [-0.1, -0.05) is 4.98 Å². The molecule has 42 valence electrons. The van der Waals surface area contributed by atoms with Gasteiger partial charge in [0.1, 0.15) is 6.20 Å². The van der Waals surface area contributed by atoms with Crippen LogP contribution in [0.15, 0.2) is 18.7 Å². The number of rotatable bonds is 0. The lowest BCUT2D eigenvalue weighted by molar-refractivity contribution is -0.610. The molecule has 1 aromatic heterocycles. The summed E-state index contributed by atoms with van der Waals surface area (Å²) in [6.07, 6.45) is 2.74. The fourth-order valence-electron chi connectivity index (χ4n) is 0.358. The minimum Gasteiger partial charge on any atom is -0.711 e. The fourth-order valence-corrected chi connectivity index (χ4v) is 0.358. The molecule has 0 atom stereocenters. The van der Waals surface area contributed by atoms with Crippen LogP contribution in [0, 0.1) is 11.0 Å². The van der Waals surface area contributed by atoms with Gasteiger partial charge in [-0.05, 0) is 0 Å². The van der Waals surface area contributed by atoms with Crippen LogP contribution in [0.1, 0.15) is 0 Å². The average molecular weight is 114 g/mol. The van der Waals surface area contributed by atoms with Gasteiger partial charge in [0.2, 0.25) is 5.82 Å². The van der Waals surface area contributed by atoms with Crippen LogP contribution in [0.25, 0.3) is 0 Å². The second-order valence-electron chi connectivity index (χ2n) is 1.27. The highest BCUT2D eigenvalue weighted by atomic mass is 19.1. The zero-order chi connectivity index (χ0) is 5.98. The minimum absolute atomic E-state index is 0.301. The molecule has 8 heavy (non-hydrogen) atoms. The molecule has 0 saturated carbocycles. The highest BCUT2D eigenvalue weighted by Gasteiger charge is 1.90. The van der Waals surface area contributed by atoms with Crippen LogP contribution in [0.2, 0.25) is 0 Å². The molecule has 0 N–H and O–H groups in total. The molecule has 0 amide bonds. The van der Waals surface area contributed by atoms with Crippen LogP contribution in [0.3, 0.4) is 0 Å². The van der Waals surface area contributed by atoms with Gasteiger partial charge in [0.15, 0.2) is 6.20 Å². The van der Waals surface area contributed by atoms with E-state index in [4.69, 9.17) is 0 Å². The summed E-state index contributed by atoms with van der Waals surface area (Å²) in [6.45, 7) is 0. The van der Waals surface area contributed by atoms with E-state index in [0.717, 1.165) is 18.7 Å². The summed E-state index contributed by atoms with van der Waals surface area (Å²) in [4.78, 5) is 3.26. The van der Waals surface area contributed by atoms with Gasteiger partial charge < -0.3 is 5.21 Å². The van der Waals surface area contributed by atoms with Crippen molar-refractivity contribution in [3.05, 3.63) is 29.7 Å². The SMILES string of the molecule is [O-][n+]1cncc(F)c1. The maximum atomic E-state index is 11.9. The van der Waals surface area contributed by atoms with E-state index < -0.39 is 5.82 Å². The van der Waals surface area contributed by atoms with E-state index in [1.807, 2.05) is 0 Å². The third-order valence-corrected chi connectivity index (χ3v) is 0.629. The standard InChI is InChI=1S/C4H3FN2O/c5-4-1-6-3-7(8)2-4/h1-3H. The quantitative estimate of drug-likeness (QED) is 0.347. The number of hydrogen-bond donors (Lipinski definition) is 0. The summed E-state index contributed by atoms with van der Waals surface area (Å²) in [7, 11) is 0. The molecule has 1 heterocycles. The zero-order valence-corrected chi connectivity index (χ0v) is 3.91. The molecule has 0 aromatic carbocycles. The van der Waals surface area contributed by atoms with Crippen molar-refractivity contribution in [2.45, 2.75) is 0 Å². The van der Waals surface area contributed by atoms with E-state index in [0.29, 0.717) is 4.73 Å². The van der Waals surface area contributed by atoms with Crippen LogP contribution >= 0.6 is 0 Å². The van der Waals surface area contributed by atoms with E-state index in [-0.39, 0.29) is 0 Å². The number of hydrogen-bond acceptors (Lipinski definition) is 2. The fraction of sp³-hybridized carbons (Fsp3) is 0. The highest BCUT2D eigenvalue weighted by Crippen LogP contribution is 1.82. The average Bonchev–Trinajstić information content (AvgIpc) is 1.64. The lowest BCUT2D eigenvalue weighted by Gasteiger charge is -1.93. The Bertz CT molecular complexity index is 174. The molecule has 1 aromatic rings. The molecular formula is C4H3FN2O. The number of aromatic nitrogens is 2. The van der Waals surface area contributed by atoms with Crippen LogP contribution < -0.4 is 4.73 Å². The van der Waals surface area contributed by atoms with E-state index in [1.54, 1.807) is 0 Å². The lowest BCUT2D eigenvalue weighted by Crippen LogP contribution is -2.25. The van der Waals surface area contributed by atoms with Crippen molar-refractivity contribution in [2.75, 3.05) is 0 Å². The van der Waals surface area contributed by atoms with Crippen LogP contribution in [-0.2, 0) is 0 Å². The molecule has 0 fully saturated rings. The summed E-state index contributed by atoms with van der Waals surface area (Å²) >= 11 is 0. The smallest absolute Gasteiger partial charge is 0.289 e. The van der Waals surface area contributed by atoms with Gasteiger partial charge in [0, 0.05) is 0 Å². The van der Waals surface area contributed by atoms with Gasteiger partial charge in [0.05, 0.1) is 0 Å². The van der Waals surface area contributed by atoms with E-state index >= 15 is 0 Å². The van der Waals surface area contributed by atoms with Crippen molar-refractivity contribution >= 4 is 0 Å². The van der Waals surface area contributed by atoms with Crippen LogP contribution in [0.5, 0.6) is 0 Å². The van der Waals surface area contributed by atoms with Crippen molar-refractivity contribution in [3.63, 3.8) is 0 Å². The first-order valence-electron chi connectivity index (χ1n) is 1.98. The van der Waals surface area contributed by atoms with Crippen LogP contribution in [-0.4, -0.2) is 4.98 Å². The first-order chi connectivity index (χ1) is 3.79. The van der Waals surface area contributed by atoms with Crippen molar-refractivity contribution in [1.29, 1.82) is 0 Å². The Kier molecular flexibility index (Phi) is 1.07. The second kappa shape index (κ2) is 1.73. The van der Waals surface area contributed by atoms with Crippen molar-refractivity contribution in [3.8, 4) is 0 Å². The molecule has 0 aliphatic heterocycles. The second-order valence-corrected chi connectivity index (χ2v) is 1.27. The molecule has 0 aliphatic rings. The first kappa shape index (κ1) is 4.96. The Labute approximate surface area is 45.0 Å². The van der Waals surface area contributed by atoms with Gasteiger partial charge in [-0.3, -0.25) is 0 Å². The third-order valence-electron chi connectivity index (χ3n) is 0.629. The summed E-state index contributed by atoms with van der Waals surface area (Å²) in [5.74, 6) is -0.623. The highest BCUT2D eigenvalue weighted by molar-refractivity contribution is 4.76. The molecule has 1 rings (SSSR count). The molecular weight excluding hydrogens is 111 g/mol. The van der Waals surface area contributed by atoms with Crippen molar-refractivity contribution < 1.29 is 9.12 Å². The monoisotopic (exact) mass is 114 g/mol. The maximum absolute atomic E-state index is 11.9. The van der Waals surface area contributed by atoms with E-state index in [1.165, 1.54) is 0 Å². The first-order valence-corrected chi connectivity index (χ1v) is 1.98. The Morgan fingerprint density at radius 1 is 1.75 bits per heavy atom. The predicted molar refractivity (Wildman–Crippen MR) is 23.2 cm³/mol. The largest absolute Gasteiger partial charge is 0.711 e. The lowest BCUT2D eigenvalue weighted by atomic mass is 10.6. The summed E-state index contributed by atoms with van der Waals surface area (Å²) in [6, 6.07) is 0. The molecule has 3 nitrogen and oxygen atoms in total. The van der Waals surface area contributed by atoms with Crippen LogP contribution in [0.4, 0.5) is 4.39 Å². The Morgan fingerprint density at radius 3 is 2.88 bits per heavy atom. The van der Waals surface area contributed by atoms with Crippen molar-refractivity contribution in [1.82, 2.24) is 4.98 Å². The van der Waals surface area contributed by atoms with Gasteiger partial charge in [-0.2, -0.15) is 4.39 Å². The molecule has 0 saturated heterocycles. The number of nitrogens with zero attached hydrogens (tertiary/aromatic N) is 2. The summed E-state index contributed by atoms with van der Waals surface area (Å²) in [5, 5.41) is 10.1. The molecule has 0 unspecified atom stereocenters. The maximum Gasteiger partial charge on any atom is 0.289 e. The Balaban J connectivity index is 3.08. The summed E-state index contributed by atoms with van der Waals surface area (Å²) in [5.41, 5.74) is 0. The molecule has 0 aliphatic carbocycles. The van der Waals surface area contributed by atoms with Gasteiger partial charge in [0.25, 0.3) is 6.33 Å². The van der Waals surface area contributed by atoms with Gasteiger partial charge in [-0.15, -0.1) is 0 Å². The summed E-state index contributed by atoms with van der Waals surface area (Å²) < 4.78 is 12.2.